The molecule has 8 heteroatoms. The van der Waals surface area contributed by atoms with Crippen molar-refractivity contribution in [2.75, 3.05) is 37.7 Å². The molecule has 2 saturated heterocycles. The van der Waals surface area contributed by atoms with Crippen molar-refractivity contribution in [3.05, 3.63) is 24.0 Å². The highest BCUT2D eigenvalue weighted by Crippen LogP contribution is 2.34. The van der Waals surface area contributed by atoms with Gasteiger partial charge in [0.15, 0.2) is 5.41 Å². The van der Waals surface area contributed by atoms with E-state index in [9.17, 15) is 14.7 Å². The number of carbonyl (C=O) groups excluding carboxylic acids is 1. The molecule has 2 aliphatic heterocycles. The van der Waals surface area contributed by atoms with Crippen molar-refractivity contribution >= 4 is 17.7 Å². The quantitative estimate of drug-likeness (QED) is 0.740. The van der Waals surface area contributed by atoms with Crippen LogP contribution < -0.4 is 4.90 Å². The summed E-state index contributed by atoms with van der Waals surface area (Å²) in [7, 11) is 0. The first-order chi connectivity index (χ1) is 14.7. The van der Waals surface area contributed by atoms with Gasteiger partial charge in [-0.15, -0.1) is 0 Å². The molecule has 0 bridgehead atoms. The van der Waals surface area contributed by atoms with Crippen molar-refractivity contribution < 1.29 is 24.2 Å². The topological polar surface area (TPSA) is 92.2 Å². The lowest BCUT2D eigenvalue weighted by molar-refractivity contribution is -0.163. The normalized spacial score (nSPS) is 23.1. The molecule has 1 atom stereocenters. The minimum absolute atomic E-state index is 0.0919. The molecule has 3 aliphatic rings. The molecule has 1 amide bonds. The molecule has 170 valence electrons. The Labute approximate surface area is 183 Å². The van der Waals surface area contributed by atoms with Gasteiger partial charge in [0, 0.05) is 19.6 Å². The molecule has 3 fully saturated rings. The number of carbonyl (C=O) groups is 2. The first-order valence-electron chi connectivity index (χ1n) is 11.2. The number of piperidine rings is 1. The van der Waals surface area contributed by atoms with Crippen LogP contribution in [-0.2, 0) is 19.7 Å². The lowest BCUT2D eigenvalue weighted by Gasteiger charge is -2.41. The van der Waals surface area contributed by atoms with Crippen molar-refractivity contribution in [3.8, 4) is 0 Å². The first-order valence-corrected chi connectivity index (χ1v) is 11.2. The molecule has 1 N–H and O–H groups in total. The van der Waals surface area contributed by atoms with Gasteiger partial charge in [0.2, 0.25) is 0 Å². The molecule has 3 heterocycles. The first kappa shape index (κ1) is 21.9. The molecule has 1 saturated carbocycles. The maximum atomic E-state index is 12.9. The summed E-state index contributed by atoms with van der Waals surface area (Å²) in [6.45, 7) is 8.38. The summed E-state index contributed by atoms with van der Waals surface area (Å²) in [5, 5.41) is 9.58. The number of anilines is 1. The number of aliphatic carboxylic acids is 1. The summed E-state index contributed by atoms with van der Waals surface area (Å²) in [5.74, 6) is -0.314. The van der Waals surface area contributed by atoms with Crippen LogP contribution in [0.4, 0.5) is 10.5 Å². The second-order valence-electron chi connectivity index (χ2n) is 10.1. The van der Waals surface area contributed by atoms with Gasteiger partial charge in [-0.05, 0) is 64.5 Å². The van der Waals surface area contributed by atoms with Gasteiger partial charge < -0.3 is 24.4 Å². The van der Waals surface area contributed by atoms with Crippen LogP contribution in [0.25, 0.3) is 0 Å². The molecule has 0 radical (unpaired) electrons. The van der Waals surface area contributed by atoms with E-state index >= 15 is 0 Å². The molecule has 1 aromatic heterocycles. The van der Waals surface area contributed by atoms with Gasteiger partial charge in [0.1, 0.15) is 5.60 Å². The third-order valence-electron chi connectivity index (χ3n) is 6.33. The Balaban J connectivity index is 1.46. The predicted molar refractivity (Wildman–Crippen MR) is 115 cm³/mol. The van der Waals surface area contributed by atoms with Gasteiger partial charge in [-0.2, -0.15) is 0 Å². The smallest absolute Gasteiger partial charge is 0.410 e. The zero-order valence-corrected chi connectivity index (χ0v) is 18.7. The summed E-state index contributed by atoms with van der Waals surface area (Å²) in [6, 6.07) is 3.83. The zero-order chi connectivity index (χ0) is 22.2. The van der Waals surface area contributed by atoms with Crippen LogP contribution in [0.3, 0.4) is 0 Å². The van der Waals surface area contributed by atoms with Crippen LogP contribution in [0.2, 0.25) is 0 Å². The monoisotopic (exact) mass is 431 g/mol. The van der Waals surface area contributed by atoms with Crippen molar-refractivity contribution in [2.24, 2.45) is 5.92 Å². The van der Waals surface area contributed by atoms with Crippen molar-refractivity contribution in [3.63, 3.8) is 0 Å². The maximum absolute atomic E-state index is 12.9. The number of hydrogen-bond donors (Lipinski definition) is 1. The molecule has 0 spiro atoms. The number of rotatable bonds is 6. The highest BCUT2D eigenvalue weighted by Gasteiger charge is 2.49. The molecule has 1 aromatic rings. The number of amides is 1. The molecule has 8 nitrogen and oxygen atoms in total. The fraction of sp³-hybridized carbons (Fsp3) is 0.696. The van der Waals surface area contributed by atoms with E-state index in [1.807, 2.05) is 31.7 Å². The lowest BCUT2D eigenvalue weighted by atomic mass is 9.82. The SMILES string of the molecule is CC(C)(C)OC(=O)N(CC1CC1)[C@@H]1CCCN(c2ccc(C3(C(=O)O)COC3)nc2)C1. The number of pyridine rings is 1. The van der Waals surface area contributed by atoms with Gasteiger partial charge in [-0.3, -0.25) is 9.78 Å². The van der Waals surface area contributed by atoms with E-state index < -0.39 is 17.0 Å². The number of aromatic nitrogens is 1. The Morgan fingerprint density at radius 3 is 2.55 bits per heavy atom. The number of nitrogens with zero attached hydrogens (tertiary/aromatic N) is 3. The van der Waals surface area contributed by atoms with Crippen LogP contribution in [0.15, 0.2) is 18.3 Å². The highest BCUT2D eigenvalue weighted by atomic mass is 16.6. The summed E-state index contributed by atoms with van der Waals surface area (Å²) in [4.78, 5) is 33.3. The van der Waals surface area contributed by atoms with Crippen LogP contribution in [0, 0.1) is 5.92 Å². The van der Waals surface area contributed by atoms with E-state index in [1.165, 1.54) is 12.8 Å². The molecule has 0 aromatic carbocycles. The lowest BCUT2D eigenvalue weighted by Crippen LogP contribution is -2.53. The van der Waals surface area contributed by atoms with Crippen LogP contribution in [0.5, 0.6) is 0 Å². The Morgan fingerprint density at radius 1 is 1.29 bits per heavy atom. The fourth-order valence-corrected chi connectivity index (χ4v) is 4.26. The zero-order valence-electron chi connectivity index (χ0n) is 18.7. The van der Waals surface area contributed by atoms with Gasteiger partial charge in [0.05, 0.1) is 36.8 Å². The van der Waals surface area contributed by atoms with E-state index in [4.69, 9.17) is 9.47 Å². The molecule has 31 heavy (non-hydrogen) atoms. The number of hydrogen-bond acceptors (Lipinski definition) is 6. The third-order valence-corrected chi connectivity index (χ3v) is 6.33. The maximum Gasteiger partial charge on any atom is 0.410 e. The van der Waals surface area contributed by atoms with Gasteiger partial charge in [-0.1, -0.05) is 0 Å². The molecule has 1 aliphatic carbocycles. The average molecular weight is 432 g/mol. The highest BCUT2D eigenvalue weighted by molar-refractivity contribution is 5.82. The van der Waals surface area contributed by atoms with Crippen molar-refractivity contribution in [1.82, 2.24) is 9.88 Å². The van der Waals surface area contributed by atoms with Gasteiger partial charge >= 0.3 is 12.1 Å². The van der Waals surface area contributed by atoms with Crippen LogP contribution >= 0.6 is 0 Å². The van der Waals surface area contributed by atoms with E-state index in [-0.39, 0.29) is 25.3 Å². The van der Waals surface area contributed by atoms with E-state index in [1.54, 1.807) is 12.3 Å². The Bertz CT molecular complexity index is 811. The molecular weight excluding hydrogens is 398 g/mol. The number of carboxylic acid groups (broad SMARTS) is 1. The second kappa shape index (κ2) is 8.30. The summed E-state index contributed by atoms with van der Waals surface area (Å²) >= 11 is 0. The van der Waals surface area contributed by atoms with Crippen molar-refractivity contribution in [1.29, 1.82) is 0 Å². The van der Waals surface area contributed by atoms with E-state index in [0.717, 1.165) is 38.2 Å². The Kier molecular flexibility index (Phi) is 5.85. The van der Waals surface area contributed by atoms with Crippen LogP contribution in [0.1, 0.15) is 52.1 Å². The predicted octanol–water partition coefficient (Wildman–Crippen LogP) is 3.05. The largest absolute Gasteiger partial charge is 0.480 e. The summed E-state index contributed by atoms with van der Waals surface area (Å²) in [6.07, 6.45) is 5.80. The number of ether oxygens (including phenoxy) is 2. The summed E-state index contributed by atoms with van der Waals surface area (Å²) < 4.78 is 10.9. The van der Waals surface area contributed by atoms with Gasteiger partial charge in [-0.25, -0.2) is 4.79 Å². The van der Waals surface area contributed by atoms with E-state index in [2.05, 4.69) is 9.88 Å². The third kappa shape index (κ3) is 4.79. The standard InChI is InChI=1S/C23H33N3O5/c1-22(2,3)31-21(29)26(12-16-6-7-16)18-5-4-10-25(13-18)17-8-9-19(24-11-17)23(20(27)28)14-30-15-23/h8-9,11,16,18H,4-7,10,12-15H2,1-3H3,(H,27,28)/t18-/m1/s1. The molecule has 4 rings (SSSR count). The molecule has 0 unspecified atom stereocenters. The number of carboxylic acids is 1. The Hall–Kier alpha value is -2.35. The average Bonchev–Trinajstić information content (AvgIpc) is 3.48. The molecular formula is C23H33N3O5. The minimum Gasteiger partial charge on any atom is -0.480 e. The van der Waals surface area contributed by atoms with Gasteiger partial charge in [0.25, 0.3) is 0 Å². The fourth-order valence-electron chi connectivity index (χ4n) is 4.26. The van der Waals surface area contributed by atoms with Crippen LogP contribution in [-0.4, -0.2) is 71.5 Å². The van der Waals surface area contributed by atoms with E-state index in [0.29, 0.717) is 11.6 Å². The Morgan fingerprint density at radius 2 is 2.03 bits per heavy atom. The second-order valence-corrected chi connectivity index (χ2v) is 10.1. The summed E-state index contributed by atoms with van der Waals surface area (Å²) in [5.41, 5.74) is -0.0588. The van der Waals surface area contributed by atoms with Crippen molar-refractivity contribution in [2.45, 2.75) is 63.5 Å². The minimum atomic E-state index is -1.03.